The Morgan fingerprint density at radius 3 is 2.86 bits per heavy atom. The first-order valence-electron chi connectivity index (χ1n) is 7.99. The van der Waals surface area contributed by atoms with Gasteiger partial charge in [0.05, 0.1) is 6.10 Å². The number of H-pyrrole nitrogens is 1. The molecule has 1 aromatic carbocycles. The molecule has 1 fully saturated rings. The maximum atomic E-state index is 12.1. The van der Waals surface area contributed by atoms with Gasteiger partial charge in [0.15, 0.2) is 0 Å². The Kier molecular flexibility index (Phi) is 4.75. The fourth-order valence-electron chi connectivity index (χ4n) is 2.94. The molecule has 0 unspecified atom stereocenters. The van der Waals surface area contributed by atoms with Crippen LogP contribution in [0.4, 0.5) is 0 Å². The maximum absolute atomic E-state index is 12.1. The van der Waals surface area contributed by atoms with E-state index >= 15 is 0 Å². The highest BCUT2D eigenvalue weighted by Gasteiger charge is 2.16. The van der Waals surface area contributed by atoms with E-state index in [-0.39, 0.29) is 12.0 Å². The van der Waals surface area contributed by atoms with Crippen molar-refractivity contribution in [1.29, 1.82) is 0 Å². The van der Waals surface area contributed by atoms with Gasteiger partial charge in [-0.25, -0.2) is 0 Å². The van der Waals surface area contributed by atoms with Crippen LogP contribution in [0.1, 0.15) is 29.8 Å². The Hall–Kier alpha value is -1.85. The second-order valence-electron chi connectivity index (χ2n) is 5.95. The van der Waals surface area contributed by atoms with Gasteiger partial charge < -0.3 is 20.3 Å². The number of fused-ring (bicyclic) bond motifs is 1. The summed E-state index contributed by atoms with van der Waals surface area (Å²) in [6.07, 6.45) is 2.53. The van der Waals surface area contributed by atoms with Crippen molar-refractivity contribution < 1.29 is 9.90 Å². The molecule has 1 amide bonds. The Morgan fingerprint density at radius 1 is 1.32 bits per heavy atom. The summed E-state index contributed by atoms with van der Waals surface area (Å²) in [5.74, 6) is -0.0507. The molecule has 3 N–H and O–H groups in total. The average molecular weight is 301 g/mol. The molecular formula is C17H23N3O2. The summed E-state index contributed by atoms with van der Waals surface area (Å²) in [6, 6.07) is 9.77. The summed E-state index contributed by atoms with van der Waals surface area (Å²) in [5, 5.41) is 13.5. The number of piperidine rings is 1. The Morgan fingerprint density at radius 2 is 2.09 bits per heavy atom. The van der Waals surface area contributed by atoms with Gasteiger partial charge in [-0.2, -0.15) is 0 Å². The van der Waals surface area contributed by atoms with Crippen molar-refractivity contribution in [2.24, 2.45) is 0 Å². The minimum absolute atomic E-state index is 0.0507. The molecule has 118 valence electrons. The third-order valence-electron chi connectivity index (χ3n) is 4.27. The molecule has 0 spiro atoms. The predicted octanol–water partition coefficient (Wildman–Crippen LogP) is 1.74. The molecule has 1 aliphatic rings. The first-order chi connectivity index (χ1) is 10.7. The second kappa shape index (κ2) is 6.94. The molecule has 22 heavy (non-hydrogen) atoms. The van der Waals surface area contributed by atoms with Crippen LogP contribution < -0.4 is 5.32 Å². The number of benzene rings is 1. The fourth-order valence-corrected chi connectivity index (χ4v) is 2.94. The summed E-state index contributed by atoms with van der Waals surface area (Å²) in [5.41, 5.74) is 1.60. The van der Waals surface area contributed by atoms with Gasteiger partial charge in [0.1, 0.15) is 5.69 Å². The number of likely N-dealkylation sites (tertiary alicyclic amines) is 1. The highest BCUT2D eigenvalue weighted by atomic mass is 16.3. The minimum Gasteiger partial charge on any atom is -0.393 e. The monoisotopic (exact) mass is 301 g/mol. The van der Waals surface area contributed by atoms with Gasteiger partial charge in [-0.3, -0.25) is 4.79 Å². The molecule has 2 aromatic rings. The van der Waals surface area contributed by atoms with Crippen LogP contribution in [0.3, 0.4) is 0 Å². The number of nitrogens with one attached hydrogen (secondary N) is 2. The predicted molar refractivity (Wildman–Crippen MR) is 86.9 cm³/mol. The number of amides is 1. The number of aliphatic hydroxyl groups excluding tert-OH is 1. The van der Waals surface area contributed by atoms with Crippen LogP contribution in [0, 0.1) is 0 Å². The average Bonchev–Trinajstić information content (AvgIpc) is 2.97. The quantitative estimate of drug-likeness (QED) is 0.737. The summed E-state index contributed by atoms with van der Waals surface area (Å²) in [7, 11) is 0. The molecule has 0 saturated carbocycles. The van der Waals surface area contributed by atoms with Crippen LogP contribution in [0.15, 0.2) is 30.3 Å². The molecule has 0 aliphatic carbocycles. The van der Waals surface area contributed by atoms with E-state index in [9.17, 15) is 9.90 Å². The fraction of sp³-hybridized carbons (Fsp3) is 0.471. The van der Waals surface area contributed by atoms with E-state index in [0.29, 0.717) is 12.2 Å². The lowest BCUT2D eigenvalue weighted by Gasteiger charge is -2.29. The smallest absolute Gasteiger partial charge is 0.267 e. The minimum atomic E-state index is -0.127. The maximum Gasteiger partial charge on any atom is 0.267 e. The lowest BCUT2D eigenvalue weighted by atomic mass is 10.1. The summed E-state index contributed by atoms with van der Waals surface area (Å²) < 4.78 is 0. The Labute approximate surface area is 130 Å². The van der Waals surface area contributed by atoms with E-state index in [1.807, 2.05) is 30.3 Å². The van der Waals surface area contributed by atoms with E-state index in [0.717, 1.165) is 49.8 Å². The zero-order chi connectivity index (χ0) is 15.4. The van der Waals surface area contributed by atoms with Gasteiger partial charge in [-0.1, -0.05) is 18.2 Å². The molecule has 5 heteroatoms. The highest BCUT2D eigenvalue weighted by molar-refractivity contribution is 5.97. The molecule has 5 nitrogen and oxygen atoms in total. The number of hydrogen-bond donors (Lipinski definition) is 3. The Bertz CT molecular complexity index is 597. The van der Waals surface area contributed by atoms with Crippen molar-refractivity contribution in [2.75, 3.05) is 26.2 Å². The third-order valence-corrected chi connectivity index (χ3v) is 4.27. The van der Waals surface area contributed by atoms with Gasteiger partial charge in [-0.05, 0) is 37.9 Å². The molecule has 1 saturated heterocycles. The number of para-hydroxylation sites is 1. The molecule has 0 radical (unpaired) electrons. The van der Waals surface area contributed by atoms with Crippen LogP contribution in [0.5, 0.6) is 0 Å². The molecule has 0 bridgehead atoms. The van der Waals surface area contributed by atoms with Gasteiger partial charge in [0.2, 0.25) is 0 Å². The first kappa shape index (κ1) is 15.1. The van der Waals surface area contributed by atoms with Crippen molar-refractivity contribution in [3.8, 4) is 0 Å². The standard InChI is InChI=1S/C17H23N3O2/c21-14-6-10-20(11-7-14)9-3-8-18-17(22)16-12-13-4-1-2-5-15(13)19-16/h1-2,4-5,12,14,19,21H,3,6-11H2,(H,18,22). The van der Waals surface area contributed by atoms with Crippen LogP contribution >= 0.6 is 0 Å². The summed E-state index contributed by atoms with van der Waals surface area (Å²) >= 11 is 0. The van der Waals surface area contributed by atoms with Crippen LogP contribution in [0.2, 0.25) is 0 Å². The van der Waals surface area contributed by atoms with E-state index in [1.165, 1.54) is 0 Å². The lowest BCUT2D eigenvalue weighted by molar-refractivity contribution is 0.0816. The van der Waals surface area contributed by atoms with Crippen molar-refractivity contribution in [2.45, 2.75) is 25.4 Å². The van der Waals surface area contributed by atoms with Crippen molar-refractivity contribution in [3.05, 3.63) is 36.0 Å². The number of nitrogens with zero attached hydrogens (tertiary/aromatic N) is 1. The van der Waals surface area contributed by atoms with Gasteiger partial charge >= 0.3 is 0 Å². The molecule has 0 atom stereocenters. The Balaban J connectivity index is 1.42. The molecular weight excluding hydrogens is 278 g/mol. The molecule has 2 heterocycles. The topological polar surface area (TPSA) is 68.4 Å². The van der Waals surface area contributed by atoms with Crippen molar-refractivity contribution >= 4 is 16.8 Å². The number of aliphatic hydroxyl groups is 1. The van der Waals surface area contributed by atoms with Crippen molar-refractivity contribution in [3.63, 3.8) is 0 Å². The SMILES string of the molecule is O=C(NCCCN1CCC(O)CC1)c1cc2ccccc2[nH]1. The van der Waals surface area contributed by atoms with Crippen molar-refractivity contribution in [1.82, 2.24) is 15.2 Å². The third kappa shape index (κ3) is 3.67. The number of carbonyl (C=O) groups excluding carboxylic acids is 1. The van der Waals surface area contributed by atoms with Gasteiger partial charge in [-0.15, -0.1) is 0 Å². The number of hydrogen-bond acceptors (Lipinski definition) is 3. The highest BCUT2D eigenvalue weighted by Crippen LogP contribution is 2.14. The zero-order valence-corrected chi connectivity index (χ0v) is 12.7. The normalized spacial score (nSPS) is 17.0. The van der Waals surface area contributed by atoms with Gasteiger partial charge in [0, 0.05) is 30.5 Å². The van der Waals surface area contributed by atoms with E-state index in [4.69, 9.17) is 0 Å². The van der Waals surface area contributed by atoms with E-state index < -0.39 is 0 Å². The number of rotatable bonds is 5. The molecule has 3 rings (SSSR count). The molecule has 1 aliphatic heterocycles. The van der Waals surface area contributed by atoms with Gasteiger partial charge in [0.25, 0.3) is 5.91 Å². The zero-order valence-electron chi connectivity index (χ0n) is 12.7. The number of carbonyl (C=O) groups is 1. The largest absolute Gasteiger partial charge is 0.393 e. The number of aromatic amines is 1. The van der Waals surface area contributed by atoms with E-state index in [1.54, 1.807) is 0 Å². The summed E-state index contributed by atoms with van der Waals surface area (Å²) in [4.78, 5) is 17.6. The van der Waals surface area contributed by atoms with Crippen LogP contribution in [-0.4, -0.2) is 53.2 Å². The molecule has 1 aromatic heterocycles. The van der Waals surface area contributed by atoms with Crippen LogP contribution in [-0.2, 0) is 0 Å². The number of aromatic nitrogens is 1. The van der Waals surface area contributed by atoms with E-state index in [2.05, 4.69) is 15.2 Å². The van der Waals surface area contributed by atoms with Crippen LogP contribution in [0.25, 0.3) is 10.9 Å². The second-order valence-corrected chi connectivity index (χ2v) is 5.95. The first-order valence-corrected chi connectivity index (χ1v) is 7.99. The summed E-state index contributed by atoms with van der Waals surface area (Å²) in [6.45, 7) is 3.56. The lowest BCUT2D eigenvalue weighted by Crippen LogP contribution is -2.37.